The highest BCUT2D eigenvalue weighted by molar-refractivity contribution is 5.73. The van der Waals surface area contributed by atoms with Gasteiger partial charge in [-0.1, -0.05) is 12.1 Å². The maximum atomic E-state index is 12.1. The molecule has 1 saturated carbocycles. The average Bonchev–Trinajstić information content (AvgIpc) is 2.38. The molecule has 0 aliphatic heterocycles. The molecule has 20 heavy (non-hydrogen) atoms. The Bertz CT molecular complexity index is 451. The number of benzene rings is 1. The molecule has 0 bridgehead atoms. The standard InChI is InChI=1S/C17H25NO2/c1-17(2,3)20-16(19)14-6-4-12(5-7-14)13-8-10-15(18)11-9-13/h8-12,14H,4-7,18H2,1-3H3/t12-,14-. The van der Waals surface area contributed by atoms with Crippen LogP contribution < -0.4 is 5.73 Å². The summed E-state index contributed by atoms with van der Waals surface area (Å²) in [5, 5.41) is 0. The van der Waals surface area contributed by atoms with Gasteiger partial charge in [-0.3, -0.25) is 4.79 Å². The summed E-state index contributed by atoms with van der Waals surface area (Å²) < 4.78 is 5.48. The molecule has 0 aromatic heterocycles. The van der Waals surface area contributed by atoms with Crippen LogP contribution in [0.1, 0.15) is 57.9 Å². The SMILES string of the molecule is CC(C)(C)OC(=O)[C@H]1CC[C@H](c2ccc(N)cc2)CC1. The summed E-state index contributed by atoms with van der Waals surface area (Å²) >= 11 is 0. The number of nitrogens with two attached hydrogens (primary N) is 1. The van der Waals surface area contributed by atoms with E-state index in [2.05, 4.69) is 12.1 Å². The van der Waals surface area contributed by atoms with E-state index in [4.69, 9.17) is 10.5 Å². The van der Waals surface area contributed by atoms with Crippen LogP contribution in [0.25, 0.3) is 0 Å². The second-order valence-corrected chi connectivity index (χ2v) is 6.75. The molecule has 1 aliphatic carbocycles. The maximum Gasteiger partial charge on any atom is 0.309 e. The number of carbonyl (C=O) groups excluding carboxylic acids is 1. The smallest absolute Gasteiger partial charge is 0.309 e. The Morgan fingerprint density at radius 3 is 2.15 bits per heavy atom. The van der Waals surface area contributed by atoms with Crippen LogP contribution in [0.2, 0.25) is 0 Å². The topological polar surface area (TPSA) is 52.3 Å². The van der Waals surface area contributed by atoms with Gasteiger partial charge in [-0.05, 0) is 70.1 Å². The van der Waals surface area contributed by atoms with Gasteiger partial charge in [0.2, 0.25) is 0 Å². The summed E-state index contributed by atoms with van der Waals surface area (Å²) in [5.74, 6) is 0.585. The van der Waals surface area contributed by atoms with E-state index >= 15 is 0 Å². The van der Waals surface area contributed by atoms with Gasteiger partial charge in [0.1, 0.15) is 5.60 Å². The van der Waals surface area contributed by atoms with Crippen molar-refractivity contribution in [3.05, 3.63) is 29.8 Å². The molecule has 1 aliphatic rings. The van der Waals surface area contributed by atoms with Crippen LogP contribution in [0.15, 0.2) is 24.3 Å². The Balaban J connectivity index is 1.89. The number of anilines is 1. The van der Waals surface area contributed by atoms with Gasteiger partial charge in [0.05, 0.1) is 5.92 Å². The van der Waals surface area contributed by atoms with E-state index in [9.17, 15) is 4.79 Å². The minimum Gasteiger partial charge on any atom is -0.460 e. The largest absolute Gasteiger partial charge is 0.460 e. The molecule has 1 aromatic carbocycles. The highest BCUT2D eigenvalue weighted by Crippen LogP contribution is 2.36. The van der Waals surface area contributed by atoms with Gasteiger partial charge in [-0.2, -0.15) is 0 Å². The predicted octanol–water partition coefficient (Wildman–Crippen LogP) is 3.88. The lowest BCUT2D eigenvalue weighted by molar-refractivity contribution is -0.161. The van der Waals surface area contributed by atoms with Crippen molar-refractivity contribution in [3.63, 3.8) is 0 Å². The molecule has 2 N–H and O–H groups in total. The summed E-state index contributed by atoms with van der Waals surface area (Å²) in [7, 11) is 0. The van der Waals surface area contributed by atoms with Crippen molar-refractivity contribution in [1.29, 1.82) is 0 Å². The normalized spacial score (nSPS) is 23.4. The highest BCUT2D eigenvalue weighted by atomic mass is 16.6. The zero-order chi connectivity index (χ0) is 14.8. The number of ether oxygens (including phenoxy) is 1. The molecule has 110 valence electrons. The summed E-state index contributed by atoms with van der Waals surface area (Å²) in [5.41, 5.74) is 7.47. The van der Waals surface area contributed by atoms with E-state index in [0.717, 1.165) is 31.4 Å². The van der Waals surface area contributed by atoms with Crippen molar-refractivity contribution in [3.8, 4) is 0 Å². The number of rotatable bonds is 2. The van der Waals surface area contributed by atoms with Gasteiger partial charge in [-0.25, -0.2) is 0 Å². The highest BCUT2D eigenvalue weighted by Gasteiger charge is 2.30. The lowest BCUT2D eigenvalue weighted by Gasteiger charge is -2.30. The fourth-order valence-corrected chi connectivity index (χ4v) is 2.82. The quantitative estimate of drug-likeness (QED) is 0.658. The van der Waals surface area contributed by atoms with Gasteiger partial charge in [0.25, 0.3) is 0 Å². The second kappa shape index (κ2) is 5.86. The third-order valence-corrected chi connectivity index (χ3v) is 3.88. The maximum absolute atomic E-state index is 12.1. The number of nitrogen functional groups attached to an aromatic ring is 1. The minimum absolute atomic E-state index is 0.0340. The van der Waals surface area contributed by atoms with Crippen molar-refractivity contribution < 1.29 is 9.53 Å². The summed E-state index contributed by atoms with van der Waals surface area (Å²) in [6.07, 6.45) is 3.94. The van der Waals surface area contributed by atoms with Gasteiger partial charge in [0.15, 0.2) is 0 Å². The molecule has 0 heterocycles. The molecule has 0 amide bonds. The summed E-state index contributed by atoms with van der Waals surface area (Å²) in [4.78, 5) is 12.1. The molecule has 3 heteroatoms. The van der Waals surface area contributed by atoms with Gasteiger partial charge >= 0.3 is 5.97 Å². The number of hydrogen-bond donors (Lipinski definition) is 1. The lowest BCUT2D eigenvalue weighted by atomic mass is 9.78. The van der Waals surface area contributed by atoms with E-state index in [-0.39, 0.29) is 17.5 Å². The molecular weight excluding hydrogens is 250 g/mol. The van der Waals surface area contributed by atoms with Crippen molar-refractivity contribution in [1.82, 2.24) is 0 Å². The molecular formula is C17H25NO2. The number of hydrogen-bond acceptors (Lipinski definition) is 3. The van der Waals surface area contributed by atoms with E-state index in [1.807, 2.05) is 32.9 Å². The van der Waals surface area contributed by atoms with E-state index in [0.29, 0.717) is 5.92 Å². The fourth-order valence-electron chi connectivity index (χ4n) is 2.82. The Morgan fingerprint density at radius 2 is 1.65 bits per heavy atom. The molecule has 0 unspecified atom stereocenters. The zero-order valence-corrected chi connectivity index (χ0v) is 12.7. The lowest BCUT2D eigenvalue weighted by Crippen LogP contribution is -2.30. The zero-order valence-electron chi connectivity index (χ0n) is 12.7. The molecule has 2 rings (SSSR count). The van der Waals surface area contributed by atoms with Crippen LogP contribution >= 0.6 is 0 Å². The first-order valence-corrected chi connectivity index (χ1v) is 7.43. The van der Waals surface area contributed by atoms with Crippen LogP contribution in [0.4, 0.5) is 5.69 Å². The van der Waals surface area contributed by atoms with Crippen LogP contribution in [-0.4, -0.2) is 11.6 Å². The Labute approximate surface area is 121 Å². The molecule has 0 radical (unpaired) electrons. The summed E-state index contributed by atoms with van der Waals surface area (Å²) in [6, 6.07) is 8.12. The van der Waals surface area contributed by atoms with Gasteiger partial charge in [-0.15, -0.1) is 0 Å². The number of carbonyl (C=O) groups is 1. The second-order valence-electron chi connectivity index (χ2n) is 6.75. The van der Waals surface area contributed by atoms with Crippen molar-refractivity contribution >= 4 is 11.7 Å². The van der Waals surface area contributed by atoms with Crippen molar-refractivity contribution in [2.24, 2.45) is 5.92 Å². The van der Waals surface area contributed by atoms with E-state index in [1.54, 1.807) is 0 Å². The van der Waals surface area contributed by atoms with Gasteiger partial charge in [0, 0.05) is 5.69 Å². The molecule has 0 atom stereocenters. The van der Waals surface area contributed by atoms with Crippen molar-refractivity contribution in [2.45, 2.75) is 58.0 Å². The van der Waals surface area contributed by atoms with E-state index in [1.165, 1.54) is 5.56 Å². The monoisotopic (exact) mass is 275 g/mol. The van der Waals surface area contributed by atoms with Crippen molar-refractivity contribution in [2.75, 3.05) is 5.73 Å². The first-order chi connectivity index (χ1) is 9.35. The molecule has 1 aromatic rings. The van der Waals surface area contributed by atoms with Gasteiger partial charge < -0.3 is 10.5 Å². The molecule has 0 saturated heterocycles. The predicted molar refractivity (Wildman–Crippen MR) is 81.4 cm³/mol. The third kappa shape index (κ3) is 3.99. The first-order valence-electron chi connectivity index (χ1n) is 7.43. The average molecular weight is 275 g/mol. The van der Waals surface area contributed by atoms with Crippen LogP contribution in [0.3, 0.4) is 0 Å². The summed E-state index contributed by atoms with van der Waals surface area (Å²) in [6.45, 7) is 5.76. The Hall–Kier alpha value is -1.51. The van der Waals surface area contributed by atoms with Crippen LogP contribution in [0.5, 0.6) is 0 Å². The third-order valence-electron chi connectivity index (χ3n) is 3.88. The molecule has 3 nitrogen and oxygen atoms in total. The molecule has 0 spiro atoms. The Morgan fingerprint density at radius 1 is 1.10 bits per heavy atom. The Kier molecular flexibility index (Phi) is 4.36. The van der Waals surface area contributed by atoms with E-state index < -0.39 is 0 Å². The number of esters is 1. The van der Waals surface area contributed by atoms with Crippen LogP contribution in [0, 0.1) is 5.92 Å². The molecule has 1 fully saturated rings. The minimum atomic E-state index is -0.384. The fraction of sp³-hybridized carbons (Fsp3) is 0.588. The van der Waals surface area contributed by atoms with Crippen LogP contribution in [-0.2, 0) is 9.53 Å². The first kappa shape index (κ1) is 14.9.